The Kier molecular flexibility index (Phi) is 8.71. The molecule has 0 unspecified atom stereocenters. The van der Waals surface area contributed by atoms with Crippen LogP contribution in [0.3, 0.4) is 0 Å². The molecule has 2 aromatic rings. The fourth-order valence-corrected chi connectivity index (χ4v) is 5.14. The van der Waals surface area contributed by atoms with Crippen LogP contribution in [0, 0.1) is 5.82 Å². The highest BCUT2D eigenvalue weighted by molar-refractivity contribution is 8.03. The van der Waals surface area contributed by atoms with Crippen molar-refractivity contribution in [2.75, 3.05) is 18.1 Å². The molecule has 25 heavy (non-hydrogen) atoms. The summed E-state index contributed by atoms with van der Waals surface area (Å²) >= 11 is 4.66. The maximum absolute atomic E-state index is 13.3. The number of unbranched alkanes of at least 4 members (excludes halogenated alkanes) is 1. The highest BCUT2D eigenvalue weighted by atomic mass is 32.2. The molecule has 1 aromatic heterocycles. The van der Waals surface area contributed by atoms with E-state index in [-0.39, 0.29) is 11.7 Å². The SMILES string of the molecule is CCCCSc1nnc(SCC(=O)N(CC)Cc2cccc(F)c2)s1. The molecule has 0 fully saturated rings. The second kappa shape index (κ2) is 10.8. The third kappa shape index (κ3) is 6.95. The largest absolute Gasteiger partial charge is 0.338 e. The quantitative estimate of drug-likeness (QED) is 0.428. The zero-order valence-electron chi connectivity index (χ0n) is 14.4. The molecule has 0 aliphatic heterocycles. The van der Waals surface area contributed by atoms with E-state index < -0.39 is 0 Å². The lowest BCUT2D eigenvalue weighted by atomic mass is 10.2. The molecular weight excluding hydrogens is 377 g/mol. The van der Waals surface area contributed by atoms with E-state index in [1.807, 2.05) is 13.0 Å². The number of aromatic nitrogens is 2. The third-order valence-corrected chi connectivity index (χ3v) is 6.69. The number of carbonyl (C=O) groups is 1. The van der Waals surface area contributed by atoms with Crippen molar-refractivity contribution in [3.05, 3.63) is 35.6 Å². The number of rotatable bonds is 10. The smallest absolute Gasteiger partial charge is 0.233 e. The van der Waals surface area contributed by atoms with Crippen LogP contribution in [0.2, 0.25) is 0 Å². The van der Waals surface area contributed by atoms with Crippen LogP contribution < -0.4 is 0 Å². The monoisotopic (exact) mass is 399 g/mol. The molecule has 1 amide bonds. The van der Waals surface area contributed by atoms with Crippen molar-refractivity contribution in [2.45, 2.75) is 41.9 Å². The average Bonchev–Trinajstić information content (AvgIpc) is 3.06. The van der Waals surface area contributed by atoms with Gasteiger partial charge in [-0.25, -0.2) is 4.39 Å². The van der Waals surface area contributed by atoms with E-state index in [1.54, 1.807) is 22.7 Å². The van der Waals surface area contributed by atoms with Crippen LogP contribution in [0.25, 0.3) is 0 Å². The molecule has 0 atom stereocenters. The summed E-state index contributed by atoms with van der Waals surface area (Å²) in [6, 6.07) is 6.37. The maximum atomic E-state index is 13.3. The molecule has 0 N–H and O–H groups in total. The standard InChI is InChI=1S/C17H22FN3OS3/c1-3-5-9-23-16-19-20-17(25-16)24-12-15(22)21(4-2)11-13-7-6-8-14(18)10-13/h6-8,10H,3-5,9,11-12H2,1-2H3. The van der Waals surface area contributed by atoms with E-state index in [4.69, 9.17) is 0 Å². The molecule has 2 rings (SSSR count). The molecule has 1 heterocycles. The summed E-state index contributed by atoms with van der Waals surface area (Å²) in [6.07, 6.45) is 2.33. The van der Waals surface area contributed by atoms with Crippen molar-refractivity contribution < 1.29 is 9.18 Å². The Hall–Kier alpha value is -1.12. The van der Waals surface area contributed by atoms with Gasteiger partial charge in [-0.1, -0.05) is 60.3 Å². The topological polar surface area (TPSA) is 46.1 Å². The fraction of sp³-hybridized carbons (Fsp3) is 0.471. The molecule has 0 saturated carbocycles. The van der Waals surface area contributed by atoms with Crippen LogP contribution in [0.4, 0.5) is 4.39 Å². The first-order chi connectivity index (χ1) is 12.1. The molecule has 0 aliphatic carbocycles. The second-order valence-corrected chi connectivity index (χ2v) is 8.90. The number of amides is 1. The van der Waals surface area contributed by atoms with Crippen LogP contribution in [0.1, 0.15) is 32.3 Å². The van der Waals surface area contributed by atoms with Gasteiger partial charge in [0.2, 0.25) is 5.91 Å². The summed E-state index contributed by atoms with van der Waals surface area (Å²) in [5, 5.41) is 8.29. The minimum atomic E-state index is -0.280. The molecule has 0 bridgehead atoms. The maximum Gasteiger partial charge on any atom is 0.233 e. The lowest BCUT2D eigenvalue weighted by molar-refractivity contribution is -0.128. The summed E-state index contributed by atoms with van der Waals surface area (Å²) < 4.78 is 15.1. The molecule has 136 valence electrons. The molecule has 8 heteroatoms. The van der Waals surface area contributed by atoms with Crippen molar-refractivity contribution in [3.8, 4) is 0 Å². The first-order valence-corrected chi connectivity index (χ1v) is 11.0. The van der Waals surface area contributed by atoms with Gasteiger partial charge in [-0.2, -0.15) is 0 Å². The van der Waals surface area contributed by atoms with Gasteiger partial charge in [0, 0.05) is 18.8 Å². The molecule has 0 saturated heterocycles. The predicted octanol–water partition coefficient (Wildman–Crippen LogP) is 4.71. The van der Waals surface area contributed by atoms with Gasteiger partial charge in [0.15, 0.2) is 8.68 Å². The number of benzene rings is 1. The first-order valence-electron chi connectivity index (χ1n) is 8.23. The molecular formula is C17H22FN3OS3. The first kappa shape index (κ1) is 20.2. The Labute approximate surface area is 160 Å². The van der Waals surface area contributed by atoms with Gasteiger partial charge >= 0.3 is 0 Å². The fourth-order valence-electron chi connectivity index (χ4n) is 2.06. The van der Waals surface area contributed by atoms with Gasteiger partial charge in [0.1, 0.15) is 5.82 Å². The molecule has 0 aliphatic rings. The number of hydrogen-bond donors (Lipinski definition) is 0. The summed E-state index contributed by atoms with van der Waals surface area (Å²) in [7, 11) is 0. The van der Waals surface area contributed by atoms with Gasteiger partial charge < -0.3 is 4.90 Å². The Morgan fingerprint density at radius 2 is 2.00 bits per heavy atom. The van der Waals surface area contributed by atoms with Gasteiger partial charge in [-0.15, -0.1) is 10.2 Å². The lowest BCUT2D eigenvalue weighted by Gasteiger charge is -2.20. The van der Waals surface area contributed by atoms with Crippen LogP contribution in [0.5, 0.6) is 0 Å². The van der Waals surface area contributed by atoms with Crippen molar-refractivity contribution in [3.63, 3.8) is 0 Å². The Bertz CT molecular complexity index is 681. The van der Waals surface area contributed by atoms with E-state index >= 15 is 0 Å². The van der Waals surface area contributed by atoms with Crippen molar-refractivity contribution >= 4 is 40.8 Å². The predicted molar refractivity (Wildman–Crippen MR) is 104 cm³/mol. The Morgan fingerprint density at radius 3 is 2.68 bits per heavy atom. The van der Waals surface area contributed by atoms with Crippen molar-refractivity contribution in [1.29, 1.82) is 0 Å². The minimum Gasteiger partial charge on any atom is -0.338 e. The molecule has 0 spiro atoms. The van der Waals surface area contributed by atoms with Gasteiger partial charge in [-0.05, 0) is 31.0 Å². The highest BCUT2D eigenvalue weighted by Crippen LogP contribution is 2.29. The number of carbonyl (C=O) groups excluding carboxylic acids is 1. The van der Waals surface area contributed by atoms with Crippen LogP contribution in [-0.4, -0.2) is 39.1 Å². The van der Waals surface area contributed by atoms with E-state index in [9.17, 15) is 9.18 Å². The lowest BCUT2D eigenvalue weighted by Crippen LogP contribution is -2.31. The van der Waals surface area contributed by atoms with Crippen molar-refractivity contribution in [2.24, 2.45) is 0 Å². The summed E-state index contributed by atoms with van der Waals surface area (Å²) in [5.74, 6) is 1.10. The van der Waals surface area contributed by atoms with E-state index in [0.29, 0.717) is 18.8 Å². The van der Waals surface area contributed by atoms with Crippen LogP contribution >= 0.6 is 34.9 Å². The zero-order valence-corrected chi connectivity index (χ0v) is 16.9. The summed E-state index contributed by atoms with van der Waals surface area (Å²) in [6.45, 7) is 5.10. The number of thioether (sulfide) groups is 2. The van der Waals surface area contributed by atoms with Gasteiger partial charge in [0.05, 0.1) is 5.75 Å². The average molecular weight is 400 g/mol. The number of hydrogen-bond acceptors (Lipinski definition) is 6. The van der Waals surface area contributed by atoms with Crippen LogP contribution in [-0.2, 0) is 11.3 Å². The van der Waals surface area contributed by atoms with Crippen LogP contribution in [0.15, 0.2) is 32.9 Å². The normalized spacial score (nSPS) is 10.8. The van der Waals surface area contributed by atoms with Crippen molar-refractivity contribution in [1.82, 2.24) is 15.1 Å². The molecule has 1 aromatic carbocycles. The van der Waals surface area contributed by atoms with E-state index in [1.165, 1.54) is 41.7 Å². The van der Waals surface area contributed by atoms with Gasteiger partial charge in [-0.3, -0.25) is 4.79 Å². The zero-order chi connectivity index (χ0) is 18.1. The van der Waals surface area contributed by atoms with Gasteiger partial charge in [0.25, 0.3) is 0 Å². The number of halogens is 1. The summed E-state index contributed by atoms with van der Waals surface area (Å²) in [5.41, 5.74) is 0.797. The van der Waals surface area contributed by atoms with E-state index in [0.717, 1.165) is 26.4 Å². The Balaban J connectivity index is 1.83. The van der Waals surface area contributed by atoms with E-state index in [2.05, 4.69) is 17.1 Å². The number of nitrogens with zero attached hydrogens (tertiary/aromatic N) is 3. The minimum absolute atomic E-state index is 0.0205. The highest BCUT2D eigenvalue weighted by Gasteiger charge is 2.14. The molecule has 4 nitrogen and oxygen atoms in total. The Morgan fingerprint density at radius 1 is 1.24 bits per heavy atom. The summed E-state index contributed by atoms with van der Waals surface area (Å²) in [4.78, 5) is 14.1. The third-order valence-electron chi connectivity index (χ3n) is 3.43. The molecule has 0 radical (unpaired) electrons. The second-order valence-electron chi connectivity index (χ2n) is 5.36.